The molecule has 2 aliphatic rings. The van der Waals surface area contributed by atoms with Gasteiger partial charge >= 0.3 is 0 Å². The molecule has 0 aromatic heterocycles. The lowest BCUT2D eigenvalue weighted by Crippen LogP contribution is -2.54. The van der Waals surface area contributed by atoms with Crippen LogP contribution < -0.4 is 10.1 Å². The number of ether oxygens (including phenoxy) is 1. The Hall–Kier alpha value is -2.22. The number of alkyl halides is 1. The van der Waals surface area contributed by atoms with E-state index in [0.29, 0.717) is 12.4 Å². The van der Waals surface area contributed by atoms with Gasteiger partial charge in [0.05, 0.1) is 17.7 Å². The fourth-order valence-corrected chi connectivity index (χ4v) is 3.56. The molecule has 2 aliphatic heterocycles. The number of nitrogens with zero attached hydrogens (tertiary/aromatic N) is 1. The molecule has 1 N–H and O–H groups in total. The van der Waals surface area contributed by atoms with Crippen LogP contribution in [0.15, 0.2) is 18.2 Å². The molecule has 1 fully saturated rings. The average molecular weight is 423 g/mol. The number of hydrogen-bond donors (Lipinski definition) is 1. The van der Waals surface area contributed by atoms with E-state index < -0.39 is 29.7 Å². The van der Waals surface area contributed by atoms with Crippen LogP contribution in [-0.2, 0) is 9.59 Å². The van der Waals surface area contributed by atoms with Crippen LogP contribution in [-0.4, -0.2) is 46.5 Å². The zero-order valence-electron chi connectivity index (χ0n) is 14.1. The van der Waals surface area contributed by atoms with Gasteiger partial charge in [0.25, 0.3) is 11.8 Å². The molecule has 1 aromatic rings. The Morgan fingerprint density at radius 2 is 1.92 bits per heavy atom. The number of nitrogens with one attached hydrogen (secondary N) is 1. The molecule has 3 rings (SSSR count). The number of unbranched alkanes of at least 4 members (excludes halogenated alkanes) is 2. The number of piperidine rings is 1. The van der Waals surface area contributed by atoms with Crippen molar-refractivity contribution in [2.45, 2.75) is 38.1 Å². The number of rotatable bonds is 7. The Morgan fingerprint density at radius 1 is 1.12 bits per heavy atom. The number of halogens is 1. The molecule has 2 heterocycles. The monoisotopic (exact) mass is 422 g/mol. The molecule has 1 saturated heterocycles. The Balaban J connectivity index is 1.78. The second kappa shape index (κ2) is 7.99. The molecule has 0 radical (unpaired) electrons. The van der Waals surface area contributed by atoms with E-state index in [1.807, 2.05) is 0 Å². The summed E-state index contributed by atoms with van der Waals surface area (Å²) in [6, 6.07) is 3.90. The number of benzene rings is 1. The highest BCUT2D eigenvalue weighted by Crippen LogP contribution is 2.33. The molecule has 0 aliphatic carbocycles. The average Bonchev–Trinajstić information content (AvgIpc) is 2.87. The standard InChI is InChI=1S/C18H19BrN2O5/c19-9-2-1-3-10-26-13-6-4-5-11-15(13)18(25)21(17(11)24)12-7-8-14(22)20-16(12)23/h4-6,12H,1-3,7-10H2,(H,20,22,23). The number of imide groups is 2. The van der Waals surface area contributed by atoms with Crippen molar-refractivity contribution in [3.05, 3.63) is 29.3 Å². The number of amides is 4. The van der Waals surface area contributed by atoms with Crippen LogP contribution in [0.4, 0.5) is 0 Å². The van der Waals surface area contributed by atoms with E-state index in [0.717, 1.165) is 29.5 Å². The first-order valence-corrected chi connectivity index (χ1v) is 9.70. The van der Waals surface area contributed by atoms with Crippen LogP contribution in [0, 0.1) is 0 Å². The summed E-state index contributed by atoms with van der Waals surface area (Å²) in [5.74, 6) is -1.72. The van der Waals surface area contributed by atoms with Crippen LogP contribution in [0.1, 0.15) is 52.8 Å². The summed E-state index contributed by atoms with van der Waals surface area (Å²) in [5, 5.41) is 3.12. The smallest absolute Gasteiger partial charge is 0.266 e. The minimum Gasteiger partial charge on any atom is -0.493 e. The van der Waals surface area contributed by atoms with Crippen molar-refractivity contribution in [2.75, 3.05) is 11.9 Å². The molecule has 0 bridgehead atoms. The van der Waals surface area contributed by atoms with Gasteiger partial charge in [0.1, 0.15) is 11.8 Å². The summed E-state index contributed by atoms with van der Waals surface area (Å²) < 4.78 is 5.72. The summed E-state index contributed by atoms with van der Waals surface area (Å²) in [7, 11) is 0. The molecule has 1 aromatic carbocycles. The predicted octanol–water partition coefficient (Wildman–Crippen LogP) is 2.03. The van der Waals surface area contributed by atoms with E-state index in [1.54, 1.807) is 18.2 Å². The molecule has 26 heavy (non-hydrogen) atoms. The van der Waals surface area contributed by atoms with E-state index in [9.17, 15) is 19.2 Å². The van der Waals surface area contributed by atoms with E-state index >= 15 is 0 Å². The highest BCUT2D eigenvalue weighted by molar-refractivity contribution is 9.09. The first-order chi connectivity index (χ1) is 12.5. The second-order valence-electron chi connectivity index (χ2n) is 6.22. The molecule has 7 nitrogen and oxygen atoms in total. The molecule has 1 atom stereocenters. The SMILES string of the molecule is O=C1CCC(N2C(=O)c3cccc(OCCCCCBr)c3C2=O)C(=O)N1. The zero-order chi connectivity index (χ0) is 18.7. The molecule has 0 spiro atoms. The van der Waals surface area contributed by atoms with Crippen molar-refractivity contribution >= 4 is 39.6 Å². The van der Waals surface area contributed by atoms with Crippen LogP contribution in [0.2, 0.25) is 0 Å². The lowest BCUT2D eigenvalue weighted by Gasteiger charge is -2.27. The summed E-state index contributed by atoms with van der Waals surface area (Å²) in [6.45, 7) is 0.448. The lowest BCUT2D eigenvalue weighted by molar-refractivity contribution is -0.136. The Labute approximate surface area is 159 Å². The van der Waals surface area contributed by atoms with Gasteiger partial charge in [0.15, 0.2) is 0 Å². The number of carbonyl (C=O) groups is 4. The number of hydrogen-bond acceptors (Lipinski definition) is 5. The molecule has 0 saturated carbocycles. The molecule has 8 heteroatoms. The van der Waals surface area contributed by atoms with Crippen molar-refractivity contribution in [2.24, 2.45) is 0 Å². The lowest BCUT2D eigenvalue weighted by atomic mass is 10.0. The van der Waals surface area contributed by atoms with Gasteiger partial charge in [-0.2, -0.15) is 0 Å². The summed E-state index contributed by atoms with van der Waals surface area (Å²) in [4.78, 5) is 49.9. The van der Waals surface area contributed by atoms with Gasteiger partial charge in [-0.15, -0.1) is 0 Å². The van der Waals surface area contributed by atoms with Crippen molar-refractivity contribution in [1.82, 2.24) is 10.2 Å². The van der Waals surface area contributed by atoms with E-state index in [2.05, 4.69) is 21.2 Å². The number of fused-ring (bicyclic) bond motifs is 1. The van der Waals surface area contributed by atoms with Gasteiger partial charge in [-0.3, -0.25) is 29.4 Å². The fraction of sp³-hybridized carbons (Fsp3) is 0.444. The topological polar surface area (TPSA) is 92.8 Å². The number of carbonyl (C=O) groups excluding carboxylic acids is 4. The van der Waals surface area contributed by atoms with Gasteiger partial charge in [0, 0.05) is 11.8 Å². The fourth-order valence-electron chi connectivity index (χ4n) is 3.16. The Morgan fingerprint density at radius 3 is 2.65 bits per heavy atom. The molecular formula is C18H19BrN2O5. The molecule has 1 unspecified atom stereocenters. The third kappa shape index (κ3) is 3.51. The van der Waals surface area contributed by atoms with E-state index in [1.165, 1.54) is 0 Å². The normalized spacial score (nSPS) is 19.6. The van der Waals surface area contributed by atoms with Crippen molar-refractivity contribution < 1.29 is 23.9 Å². The van der Waals surface area contributed by atoms with Gasteiger partial charge in [-0.05, 0) is 37.8 Å². The minimum atomic E-state index is -0.966. The van der Waals surface area contributed by atoms with E-state index in [-0.39, 0.29) is 24.0 Å². The summed E-state index contributed by atoms with van der Waals surface area (Å²) in [6.07, 6.45) is 3.11. The van der Waals surface area contributed by atoms with E-state index in [4.69, 9.17) is 4.74 Å². The minimum absolute atomic E-state index is 0.0980. The van der Waals surface area contributed by atoms with Crippen LogP contribution in [0.25, 0.3) is 0 Å². The van der Waals surface area contributed by atoms with Gasteiger partial charge in [-0.1, -0.05) is 22.0 Å². The maximum absolute atomic E-state index is 12.8. The maximum atomic E-state index is 12.8. The third-order valence-corrected chi connectivity index (χ3v) is 5.03. The summed E-state index contributed by atoms with van der Waals surface area (Å²) in [5.41, 5.74) is 0.431. The molecular weight excluding hydrogens is 404 g/mol. The molecule has 138 valence electrons. The van der Waals surface area contributed by atoms with Gasteiger partial charge < -0.3 is 4.74 Å². The van der Waals surface area contributed by atoms with Crippen LogP contribution in [0.3, 0.4) is 0 Å². The highest BCUT2D eigenvalue weighted by Gasteiger charge is 2.45. The third-order valence-electron chi connectivity index (χ3n) is 4.47. The van der Waals surface area contributed by atoms with Crippen LogP contribution in [0.5, 0.6) is 5.75 Å². The largest absolute Gasteiger partial charge is 0.493 e. The van der Waals surface area contributed by atoms with Gasteiger partial charge in [-0.25, -0.2) is 0 Å². The molecule has 4 amide bonds. The highest BCUT2D eigenvalue weighted by atomic mass is 79.9. The summed E-state index contributed by atoms with van der Waals surface area (Å²) >= 11 is 3.37. The predicted molar refractivity (Wildman–Crippen MR) is 96.3 cm³/mol. The van der Waals surface area contributed by atoms with Crippen molar-refractivity contribution in [3.8, 4) is 5.75 Å². The quantitative estimate of drug-likeness (QED) is 0.412. The first-order valence-electron chi connectivity index (χ1n) is 8.58. The maximum Gasteiger partial charge on any atom is 0.266 e. The first kappa shape index (κ1) is 18.6. The Kier molecular flexibility index (Phi) is 5.70. The zero-order valence-corrected chi connectivity index (χ0v) is 15.7. The van der Waals surface area contributed by atoms with Crippen molar-refractivity contribution in [3.63, 3.8) is 0 Å². The van der Waals surface area contributed by atoms with Crippen molar-refractivity contribution in [1.29, 1.82) is 0 Å². The second-order valence-corrected chi connectivity index (χ2v) is 7.02. The Bertz CT molecular complexity index is 764. The van der Waals surface area contributed by atoms with Gasteiger partial charge in [0.2, 0.25) is 11.8 Å². The van der Waals surface area contributed by atoms with Crippen LogP contribution >= 0.6 is 15.9 Å².